The zero-order chi connectivity index (χ0) is 20.9. The monoisotopic (exact) mass is 397 g/mol. The Kier molecular flexibility index (Phi) is 10.9. The van der Waals surface area contributed by atoms with Gasteiger partial charge in [0.15, 0.2) is 0 Å². The minimum atomic E-state index is -0.862. The van der Waals surface area contributed by atoms with Crippen LogP contribution in [0.15, 0.2) is 30.3 Å². The van der Waals surface area contributed by atoms with Crippen LogP contribution in [0.1, 0.15) is 33.6 Å². The number of nitrogens with zero attached hydrogens (tertiary/aromatic N) is 1. The quantitative estimate of drug-likeness (QED) is 0.321. The number of nitrogens with one attached hydrogen (secondary N) is 2. The molecule has 158 valence electrons. The summed E-state index contributed by atoms with van der Waals surface area (Å²) in [4.78, 5) is 26.7. The number of rotatable bonds is 14. The molecule has 0 saturated carbocycles. The Morgan fingerprint density at radius 1 is 1.21 bits per heavy atom. The molecule has 0 saturated heterocycles. The maximum atomic E-state index is 12.3. The van der Waals surface area contributed by atoms with Crippen molar-refractivity contribution in [2.45, 2.75) is 51.9 Å². The van der Waals surface area contributed by atoms with E-state index < -0.39 is 17.3 Å². The molecule has 0 aromatic heterocycles. The van der Waals surface area contributed by atoms with Crippen molar-refractivity contribution < 1.29 is 24.6 Å². The summed E-state index contributed by atoms with van der Waals surface area (Å²) >= 11 is 0. The van der Waals surface area contributed by atoms with Gasteiger partial charge >= 0.3 is 0 Å². The summed E-state index contributed by atoms with van der Waals surface area (Å²) in [6.45, 7) is 6.45. The van der Waals surface area contributed by atoms with E-state index in [0.29, 0.717) is 25.3 Å². The molecule has 9 nitrogen and oxygen atoms in total. The summed E-state index contributed by atoms with van der Waals surface area (Å²) in [5, 5.41) is 25.7. The van der Waals surface area contributed by atoms with E-state index in [2.05, 4.69) is 15.5 Å². The molecule has 28 heavy (non-hydrogen) atoms. The molecule has 0 aliphatic carbocycles. The molecule has 1 aromatic rings. The molecule has 0 radical (unpaired) electrons. The first-order valence-corrected chi connectivity index (χ1v) is 9.45. The number of hydrogen-bond donors (Lipinski definition) is 3. The number of para-hydroxylation sites is 1. The highest BCUT2D eigenvalue weighted by Crippen LogP contribution is 2.15. The minimum absolute atomic E-state index is 0.00600. The molecule has 3 unspecified atom stereocenters. The first-order chi connectivity index (χ1) is 13.3. The Hall–Kier alpha value is -2.39. The first kappa shape index (κ1) is 23.6. The van der Waals surface area contributed by atoms with Crippen LogP contribution in [0.2, 0.25) is 0 Å². The smallest absolute Gasteiger partial charge is 0.294 e. The summed E-state index contributed by atoms with van der Waals surface area (Å²) in [5.41, 5.74) is 0. The summed E-state index contributed by atoms with van der Waals surface area (Å²) in [7, 11) is 0. The molecule has 0 aliphatic rings. The third-order valence-corrected chi connectivity index (χ3v) is 4.04. The summed E-state index contributed by atoms with van der Waals surface area (Å²) in [5.74, 6) is 0.339. The Balaban J connectivity index is 2.53. The number of carbonyl (C=O) groups is 1. The van der Waals surface area contributed by atoms with Crippen LogP contribution in [0.5, 0.6) is 5.75 Å². The van der Waals surface area contributed by atoms with E-state index in [9.17, 15) is 20.0 Å². The molecule has 0 spiro atoms. The Morgan fingerprint density at radius 3 is 2.50 bits per heavy atom. The summed E-state index contributed by atoms with van der Waals surface area (Å²) in [6, 6.07) is 9.23. The van der Waals surface area contributed by atoms with E-state index in [1.165, 1.54) is 0 Å². The van der Waals surface area contributed by atoms with Gasteiger partial charge in [-0.05, 0) is 24.5 Å². The first-order valence-electron chi connectivity index (χ1n) is 9.45. The lowest BCUT2D eigenvalue weighted by Crippen LogP contribution is -2.44. The van der Waals surface area contributed by atoms with Gasteiger partial charge in [-0.3, -0.25) is 4.79 Å². The highest BCUT2D eigenvalue weighted by molar-refractivity contribution is 5.76. The van der Waals surface area contributed by atoms with Gasteiger partial charge in [-0.1, -0.05) is 39.0 Å². The standard InChI is InChI=1S/C19H31N3O6/c1-14(2)20-13-17(23)18(28-16-7-5-4-6-8-16)11-19(24)21-12-15(3)9-10-27-22(25)26/h4-8,14-15,17-18,20,23H,9-13H2,1-3H3,(H,21,24). The van der Waals surface area contributed by atoms with Crippen LogP contribution in [-0.2, 0) is 9.63 Å². The number of ether oxygens (including phenoxy) is 1. The third-order valence-electron chi connectivity index (χ3n) is 4.04. The number of benzene rings is 1. The van der Waals surface area contributed by atoms with E-state index in [0.717, 1.165) is 0 Å². The summed E-state index contributed by atoms with van der Waals surface area (Å²) < 4.78 is 5.83. The van der Waals surface area contributed by atoms with E-state index in [1.54, 1.807) is 12.1 Å². The van der Waals surface area contributed by atoms with Crippen molar-refractivity contribution in [3.05, 3.63) is 40.4 Å². The van der Waals surface area contributed by atoms with Crippen LogP contribution < -0.4 is 15.4 Å². The number of aliphatic hydroxyl groups excluding tert-OH is 1. The van der Waals surface area contributed by atoms with Gasteiger partial charge in [0.05, 0.1) is 13.0 Å². The number of aliphatic hydroxyl groups is 1. The van der Waals surface area contributed by atoms with Gasteiger partial charge in [0.2, 0.25) is 5.91 Å². The van der Waals surface area contributed by atoms with Gasteiger partial charge in [0, 0.05) is 19.1 Å². The molecule has 1 rings (SSSR count). The maximum absolute atomic E-state index is 12.3. The largest absolute Gasteiger partial charge is 0.487 e. The second-order valence-corrected chi connectivity index (χ2v) is 7.06. The second kappa shape index (κ2) is 12.9. The van der Waals surface area contributed by atoms with Crippen molar-refractivity contribution in [3.8, 4) is 5.75 Å². The molecule has 1 amide bonds. The molecular formula is C19H31N3O6. The fourth-order valence-electron chi connectivity index (χ4n) is 2.39. The zero-order valence-corrected chi connectivity index (χ0v) is 16.7. The van der Waals surface area contributed by atoms with E-state index in [-0.39, 0.29) is 30.9 Å². The fourth-order valence-corrected chi connectivity index (χ4v) is 2.39. The normalized spacial score (nSPS) is 14.2. The Morgan fingerprint density at radius 2 is 1.89 bits per heavy atom. The lowest BCUT2D eigenvalue weighted by Gasteiger charge is -2.25. The van der Waals surface area contributed by atoms with Crippen LogP contribution in [-0.4, -0.2) is 54.0 Å². The predicted molar refractivity (Wildman–Crippen MR) is 104 cm³/mol. The van der Waals surface area contributed by atoms with Crippen molar-refractivity contribution in [1.29, 1.82) is 0 Å². The van der Waals surface area contributed by atoms with E-state index >= 15 is 0 Å². The number of amides is 1. The van der Waals surface area contributed by atoms with Gasteiger partial charge in [-0.25, -0.2) is 0 Å². The Labute approximate surface area is 165 Å². The topological polar surface area (TPSA) is 123 Å². The minimum Gasteiger partial charge on any atom is -0.487 e. The van der Waals surface area contributed by atoms with Gasteiger partial charge in [-0.2, -0.15) is 0 Å². The third kappa shape index (κ3) is 10.7. The highest BCUT2D eigenvalue weighted by Gasteiger charge is 2.24. The summed E-state index contributed by atoms with van der Waals surface area (Å²) in [6.07, 6.45) is -1.12. The van der Waals surface area contributed by atoms with Gasteiger partial charge in [-0.15, -0.1) is 10.1 Å². The fraction of sp³-hybridized carbons (Fsp3) is 0.632. The zero-order valence-electron chi connectivity index (χ0n) is 16.7. The van der Waals surface area contributed by atoms with Crippen LogP contribution in [0.25, 0.3) is 0 Å². The average molecular weight is 397 g/mol. The Bertz CT molecular complexity index is 584. The highest BCUT2D eigenvalue weighted by atomic mass is 16.9. The lowest BCUT2D eigenvalue weighted by molar-refractivity contribution is -0.758. The van der Waals surface area contributed by atoms with Crippen LogP contribution in [0.4, 0.5) is 0 Å². The SMILES string of the molecule is CC(CCO[N+](=O)[O-])CNC(=O)CC(Oc1ccccc1)C(O)CNC(C)C. The number of carbonyl (C=O) groups excluding carboxylic acids is 1. The lowest BCUT2D eigenvalue weighted by atomic mass is 10.1. The van der Waals surface area contributed by atoms with Gasteiger partial charge < -0.3 is 25.3 Å². The van der Waals surface area contributed by atoms with Crippen molar-refractivity contribution in [2.75, 3.05) is 19.7 Å². The molecule has 0 bridgehead atoms. The molecule has 9 heteroatoms. The maximum Gasteiger partial charge on any atom is 0.294 e. The van der Waals surface area contributed by atoms with Gasteiger partial charge in [0.25, 0.3) is 5.09 Å². The van der Waals surface area contributed by atoms with Crippen LogP contribution in [0.3, 0.4) is 0 Å². The van der Waals surface area contributed by atoms with Crippen molar-refractivity contribution in [2.24, 2.45) is 5.92 Å². The average Bonchev–Trinajstić information content (AvgIpc) is 2.64. The van der Waals surface area contributed by atoms with Crippen molar-refractivity contribution >= 4 is 5.91 Å². The second-order valence-electron chi connectivity index (χ2n) is 7.06. The molecular weight excluding hydrogens is 366 g/mol. The molecule has 3 atom stereocenters. The molecule has 0 heterocycles. The molecule has 0 fully saturated rings. The predicted octanol–water partition coefficient (Wildman–Crippen LogP) is 1.53. The van der Waals surface area contributed by atoms with Gasteiger partial charge in [0.1, 0.15) is 18.0 Å². The van der Waals surface area contributed by atoms with Crippen molar-refractivity contribution in [3.63, 3.8) is 0 Å². The molecule has 0 aliphatic heterocycles. The van der Waals surface area contributed by atoms with Crippen LogP contribution in [0, 0.1) is 16.0 Å². The molecule has 1 aromatic carbocycles. The van der Waals surface area contributed by atoms with Crippen LogP contribution >= 0.6 is 0 Å². The van der Waals surface area contributed by atoms with Crippen molar-refractivity contribution in [1.82, 2.24) is 10.6 Å². The van der Waals surface area contributed by atoms with E-state index in [4.69, 9.17) is 4.74 Å². The molecule has 3 N–H and O–H groups in total. The number of hydrogen-bond acceptors (Lipinski definition) is 7. The van der Waals surface area contributed by atoms with E-state index in [1.807, 2.05) is 39.0 Å².